The third-order valence-corrected chi connectivity index (χ3v) is 4.75. The lowest BCUT2D eigenvalue weighted by atomic mass is 10.1. The van der Waals surface area contributed by atoms with Crippen molar-refractivity contribution in [3.63, 3.8) is 0 Å². The van der Waals surface area contributed by atoms with Gasteiger partial charge in [-0.05, 0) is 6.07 Å². The molecule has 6 heteroatoms. The van der Waals surface area contributed by atoms with Gasteiger partial charge in [0.25, 0.3) is 0 Å². The predicted molar refractivity (Wildman–Crippen MR) is 61.7 cm³/mol. The van der Waals surface area contributed by atoms with Gasteiger partial charge in [0, 0.05) is 11.3 Å². The van der Waals surface area contributed by atoms with Crippen LogP contribution in [0.25, 0.3) is 0 Å². The number of hydrogen-bond donors (Lipinski definition) is 2. The molecular formula is C11H15FO4S. The van der Waals surface area contributed by atoms with Gasteiger partial charge in [-0.25, -0.2) is 12.8 Å². The summed E-state index contributed by atoms with van der Waals surface area (Å²) in [4.78, 5) is 0. The Balaban J connectivity index is 3.11. The van der Waals surface area contributed by atoms with Gasteiger partial charge in [0.2, 0.25) is 0 Å². The van der Waals surface area contributed by atoms with Gasteiger partial charge >= 0.3 is 0 Å². The van der Waals surface area contributed by atoms with Crippen LogP contribution < -0.4 is 0 Å². The maximum Gasteiger partial charge on any atom is 0.158 e. The molecule has 0 aliphatic heterocycles. The molecule has 0 fully saturated rings. The summed E-state index contributed by atoms with van der Waals surface area (Å²) in [5, 5.41) is 17.5. The van der Waals surface area contributed by atoms with E-state index in [1.165, 1.54) is 25.1 Å². The van der Waals surface area contributed by atoms with E-state index in [0.717, 1.165) is 6.07 Å². The van der Waals surface area contributed by atoms with E-state index in [-0.39, 0.29) is 11.3 Å². The smallest absolute Gasteiger partial charge is 0.158 e. The molecule has 0 bridgehead atoms. The average Bonchev–Trinajstić information content (AvgIpc) is 2.30. The minimum Gasteiger partial charge on any atom is -0.395 e. The number of sulfone groups is 1. The molecule has 0 saturated carbocycles. The first kappa shape index (κ1) is 14.1. The van der Waals surface area contributed by atoms with Crippen molar-refractivity contribution in [1.29, 1.82) is 0 Å². The van der Waals surface area contributed by atoms with Crippen molar-refractivity contribution >= 4 is 9.84 Å². The zero-order valence-corrected chi connectivity index (χ0v) is 10.2. The zero-order chi connectivity index (χ0) is 13.1. The van der Waals surface area contributed by atoms with Gasteiger partial charge in [0.15, 0.2) is 9.84 Å². The van der Waals surface area contributed by atoms with Crippen LogP contribution in [-0.4, -0.2) is 36.2 Å². The maximum atomic E-state index is 13.4. The van der Waals surface area contributed by atoms with E-state index >= 15 is 0 Å². The van der Waals surface area contributed by atoms with E-state index in [9.17, 15) is 17.9 Å². The molecule has 2 N–H and O–H groups in total. The number of aliphatic hydroxyl groups is 2. The lowest BCUT2D eigenvalue weighted by molar-refractivity contribution is 0.134. The first-order valence-corrected chi connectivity index (χ1v) is 6.90. The topological polar surface area (TPSA) is 74.6 Å². The largest absolute Gasteiger partial charge is 0.395 e. The van der Waals surface area contributed by atoms with Crippen molar-refractivity contribution in [2.75, 3.05) is 12.4 Å². The third kappa shape index (κ3) is 3.02. The van der Waals surface area contributed by atoms with Crippen molar-refractivity contribution in [3.05, 3.63) is 35.6 Å². The molecule has 0 radical (unpaired) electrons. The molecule has 0 unspecified atom stereocenters. The highest BCUT2D eigenvalue weighted by atomic mass is 32.2. The maximum absolute atomic E-state index is 13.4. The summed E-state index contributed by atoms with van der Waals surface area (Å²) in [7, 11) is -3.64. The van der Waals surface area contributed by atoms with Crippen molar-refractivity contribution in [2.45, 2.75) is 18.3 Å². The Hall–Kier alpha value is -0.980. The Morgan fingerprint density at radius 2 is 1.94 bits per heavy atom. The monoisotopic (exact) mass is 262 g/mol. The van der Waals surface area contributed by atoms with Crippen LogP contribution in [0.4, 0.5) is 4.39 Å². The lowest BCUT2D eigenvalue weighted by Gasteiger charge is -2.21. The van der Waals surface area contributed by atoms with Gasteiger partial charge in [-0.1, -0.05) is 25.1 Å². The summed E-state index contributed by atoms with van der Waals surface area (Å²) in [5.41, 5.74) is -0.122. The van der Waals surface area contributed by atoms with E-state index in [4.69, 9.17) is 5.11 Å². The molecule has 0 amide bonds. The van der Waals surface area contributed by atoms with Gasteiger partial charge < -0.3 is 10.2 Å². The SMILES string of the molecule is CCS(=O)(=O)[C@@H](CO)[C@H](O)c1ccccc1F. The van der Waals surface area contributed by atoms with E-state index < -0.39 is 33.6 Å². The normalized spacial score (nSPS) is 15.5. The van der Waals surface area contributed by atoms with Crippen LogP contribution >= 0.6 is 0 Å². The molecule has 1 aromatic rings. The summed E-state index contributed by atoms with van der Waals surface area (Å²) in [6.45, 7) is 0.664. The molecule has 1 rings (SSSR count). The molecular weight excluding hydrogens is 247 g/mol. The molecule has 0 heterocycles. The molecule has 17 heavy (non-hydrogen) atoms. The van der Waals surface area contributed by atoms with E-state index in [1.54, 1.807) is 0 Å². The number of halogens is 1. The van der Waals surface area contributed by atoms with Crippen LogP contribution in [0.3, 0.4) is 0 Å². The zero-order valence-electron chi connectivity index (χ0n) is 9.38. The van der Waals surface area contributed by atoms with Gasteiger partial charge in [0.1, 0.15) is 17.2 Å². The van der Waals surface area contributed by atoms with Crippen molar-refractivity contribution in [2.24, 2.45) is 0 Å². The van der Waals surface area contributed by atoms with Crippen molar-refractivity contribution in [1.82, 2.24) is 0 Å². The van der Waals surface area contributed by atoms with Gasteiger partial charge in [-0.3, -0.25) is 0 Å². The first-order chi connectivity index (χ1) is 7.94. The fourth-order valence-electron chi connectivity index (χ4n) is 1.54. The standard InChI is InChI=1S/C11H15FO4S/c1-2-17(15,16)10(7-13)11(14)8-5-3-4-6-9(8)12/h3-6,10-11,13-14H,2,7H2,1H3/t10-,11+/m0/s1. The quantitative estimate of drug-likeness (QED) is 0.817. The number of benzene rings is 1. The highest BCUT2D eigenvalue weighted by Crippen LogP contribution is 2.24. The summed E-state index contributed by atoms with van der Waals surface area (Å²) in [6.07, 6.45) is -1.56. The van der Waals surface area contributed by atoms with Crippen LogP contribution in [0, 0.1) is 5.82 Å². The van der Waals surface area contributed by atoms with Crippen molar-refractivity contribution < 1.29 is 23.0 Å². The van der Waals surface area contributed by atoms with Crippen LogP contribution in [0.2, 0.25) is 0 Å². The minimum atomic E-state index is -3.64. The Morgan fingerprint density at radius 1 is 1.35 bits per heavy atom. The molecule has 0 aliphatic carbocycles. The van der Waals surface area contributed by atoms with Crippen molar-refractivity contribution in [3.8, 4) is 0 Å². The van der Waals surface area contributed by atoms with Crippen LogP contribution in [-0.2, 0) is 9.84 Å². The van der Waals surface area contributed by atoms with Crippen LogP contribution in [0.1, 0.15) is 18.6 Å². The molecule has 96 valence electrons. The first-order valence-electron chi connectivity index (χ1n) is 5.19. The molecule has 0 aliphatic rings. The van der Waals surface area contributed by atoms with E-state index in [1.807, 2.05) is 0 Å². The summed E-state index contributed by atoms with van der Waals surface area (Å²) >= 11 is 0. The van der Waals surface area contributed by atoms with Gasteiger partial charge in [-0.2, -0.15) is 0 Å². The number of aliphatic hydroxyl groups excluding tert-OH is 2. The second-order valence-corrected chi connectivity index (χ2v) is 6.15. The molecule has 2 atom stereocenters. The Morgan fingerprint density at radius 3 is 2.41 bits per heavy atom. The highest BCUT2D eigenvalue weighted by Gasteiger charge is 2.32. The number of hydrogen-bond acceptors (Lipinski definition) is 4. The molecule has 0 aromatic heterocycles. The van der Waals surface area contributed by atoms with Gasteiger partial charge in [0.05, 0.1) is 6.61 Å². The molecule has 4 nitrogen and oxygen atoms in total. The summed E-state index contributed by atoms with van der Waals surface area (Å²) in [5.74, 6) is -0.909. The fraction of sp³-hybridized carbons (Fsp3) is 0.455. The van der Waals surface area contributed by atoms with Gasteiger partial charge in [-0.15, -0.1) is 0 Å². The van der Waals surface area contributed by atoms with E-state index in [2.05, 4.69) is 0 Å². The molecule has 1 aromatic carbocycles. The fourth-order valence-corrected chi connectivity index (χ4v) is 2.73. The predicted octanol–water partition coefficient (Wildman–Crippen LogP) is 0.655. The Kier molecular flexibility index (Phi) is 4.62. The second kappa shape index (κ2) is 5.57. The molecule has 0 spiro atoms. The van der Waals surface area contributed by atoms with Crippen LogP contribution in [0.15, 0.2) is 24.3 Å². The number of rotatable bonds is 5. The minimum absolute atomic E-state index is 0.122. The average molecular weight is 262 g/mol. The third-order valence-electron chi connectivity index (χ3n) is 2.62. The van der Waals surface area contributed by atoms with Crippen LogP contribution in [0.5, 0.6) is 0 Å². The summed E-state index contributed by atoms with van der Waals surface area (Å²) in [6, 6.07) is 5.36. The molecule has 0 saturated heterocycles. The summed E-state index contributed by atoms with van der Waals surface area (Å²) < 4.78 is 36.6. The highest BCUT2D eigenvalue weighted by molar-refractivity contribution is 7.92. The van der Waals surface area contributed by atoms with E-state index in [0.29, 0.717) is 0 Å². The Bertz CT molecular complexity index is 472. The second-order valence-electron chi connectivity index (χ2n) is 3.64. The lowest BCUT2D eigenvalue weighted by Crippen LogP contribution is -2.33. The Labute approximate surface area is 99.6 Å².